The van der Waals surface area contributed by atoms with Gasteiger partial charge in [-0.15, -0.1) is 0 Å². The van der Waals surface area contributed by atoms with Gasteiger partial charge in [-0.1, -0.05) is 29.8 Å². The lowest BCUT2D eigenvalue weighted by atomic mass is 9.87. The van der Waals surface area contributed by atoms with E-state index in [9.17, 15) is 28.4 Å². The van der Waals surface area contributed by atoms with Crippen molar-refractivity contribution < 1.29 is 27.6 Å². The van der Waals surface area contributed by atoms with Gasteiger partial charge in [0, 0.05) is 53.2 Å². The maximum absolute atomic E-state index is 15.3. The number of carbonyl (C=O) groups is 3. The number of hydrogen-bond donors (Lipinski definition) is 2. The highest BCUT2D eigenvalue weighted by molar-refractivity contribution is 6.31. The molecule has 3 heterocycles. The Hall–Kier alpha value is -4.96. The number of hydrogen-bond acceptors (Lipinski definition) is 6. The number of halogens is 4. The van der Waals surface area contributed by atoms with Crippen LogP contribution in [0.1, 0.15) is 42.9 Å². The first-order valence-corrected chi connectivity index (χ1v) is 14.0. The van der Waals surface area contributed by atoms with E-state index in [1.54, 1.807) is 12.1 Å². The van der Waals surface area contributed by atoms with Crippen molar-refractivity contribution in [2.75, 3.05) is 9.80 Å². The first-order valence-electron chi connectivity index (χ1n) is 13.6. The molecule has 10 nitrogen and oxygen atoms in total. The second-order valence-electron chi connectivity index (χ2n) is 10.7. The fourth-order valence-electron chi connectivity index (χ4n) is 5.66. The summed E-state index contributed by atoms with van der Waals surface area (Å²) in [5.74, 6) is -5.69. The van der Waals surface area contributed by atoms with Crippen LogP contribution in [0.2, 0.25) is 5.02 Å². The molecule has 2 fully saturated rings. The van der Waals surface area contributed by atoms with Gasteiger partial charge < -0.3 is 5.32 Å². The number of pyridine rings is 1. The van der Waals surface area contributed by atoms with Crippen LogP contribution in [0.15, 0.2) is 60.9 Å². The Morgan fingerprint density at radius 3 is 2.70 bits per heavy atom. The van der Waals surface area contributed by atoms with E-state index in [0.29, 0.717) is 0 Å². The maximum Gasteiger partial charge on any atom is 0.252 e. The van der Waals surface area contributed by atoms with E-state index in [0.717, 1.165) is 15.9 Å². The van der Waals surface area contributed by atoms with Gasteiger partial charge >= 0.3 is 0 Å². The largest absolute Gasteiger partial charge is 0.351 e. The number of H-pyrrole nitrogens is 1. The zero-order chi connectivity index (χ0) is 31.2. The molecule has 1 saturated carbocycles. The fourth-order valence-corrected chi connectivity index (χ4v) is 5.90. The zero-order valence-electron chi connectivity index (χ0n) is 22.8. The minimum atomic E-state index is -2.93. The van der Waals surface area contributed by atoms with Gasteiger partial charge in [-0.2, -0.15) is 10.4 Å². The summed E-state index contributed by atoms with van der Waals surface area (Å²) < 4.78 is 42.7. The molecule has 44 heavy (non-hydrogen) atoms. The molecule has 2 aromatic heterocycles. The number of carbonyl (C=O) groups excluding carboxylic acids is 3. The molecular weight excluding hydrogens is 599 g/mol. The number of benzene rings is 2. The SMILES string of the molecule is N#Cc1ccnc(N2C(=O)CCC2C(=O)N(c2cc(F)c3[nH]ncc3c2)[C@H](C(=O)NC2CC(F)(F)C2)c2ccccc2Cl)c1. The highest BCUT2D eigenvalue weighted by Gasteiger charge is 2.48. The van der Waals surface area contributed by atoms with E-state index in [1.165, 1.54) is 42.7 Å². The summed E-state index contributed by atoms with van der Waals surface area (Å²) in [6.07, 6.45) is 1.49. The Morgan fingerprint density at radius 1 is 1.20 bits per heavy atom. The number of nitrogens with one attached hydrogen (secondary N) is 2. The molecule has 2 aliphatic rings. The molecule has 14 heteroatoms. The van der Waals surface area contributed by atoms with Gasteiger partial charge in [-0.05, 0) is 36.8 Å². The Labute approximate surface area is 253 Å². The van der Waals surface area contributed by atoms with Crippen molar-refractivity contribution in [1.29, 1.82) is 5.26 Å². The third-order valence-electron chi connectivity index (χ3n) is 7.76. The Balaban J connectivity index is 1.49. The van der Waals surface area contributed by atoms with E-state index >= 15 is 4.39 Å². The molecule has 2 atom stereocenters. The Morgan fingerprint density at radius 2 is 1.98 bits per heavy atom. The monoisotopic (exact) mass is 621 g/mol. The van der Waals surface area contributed by atoms with Crippen LogP contribution < -0.4 is 15.1 Å². The van der Waals surface area contributed by atoms with Gasteiger partial charge in [-0.25, -0.2) is 18.2 Å². The van der Waals surface area contributed by atoms with Gasteiger partial charge in [0.05, 0.1) is 17.8 Å². The van der Waals surface area contributed by atoms with Gasteiger partial charge in [0.25, 0.3) is 11.8 Å². The number of nitrogens with zero attached hydrogens (tertiary/aromatic N) is 5. The average molecular weight is 622 g/mol. The van der Waals surface area contributed by atoms with Crippen molar-refractivity contribution in [3.8, 4) is 6.07 Å². The van der Waals surface area contributed by atoms with Crippen LogP contribution in [0.5, 0.6) is 0 Å². The highest BCUT2D eigenvalue weighted by Crippen LogP contribution is 2.40. The first kappa shape index (κ1) is 29.1. The number of anilines is 2. The van der Waals surface area contributed by atoms with Crippen molar-refractivity contribution in [1.82, 2.24) is 20.5 Å². The average Bonchev–Trinajstić information content (AvgIpc) is 3.62. The van der Waals surface area contributed by atoms with Crippen molar-refractivity contribution in [3.63, 3.8) is 0 Å². The molecule has 4 aromatic rings. The fraction of sp³-hybridized carbons (Fsp3) is 0.267. The predicted octanol–water partition coefficient (Wildman–Crippen LogP) is 4.81. The van der Waals surface area contributed by atoms with Gasteiger partial charge in [-0.3, -0.25) is 29.3 Å². The summed E-state index contributed by atoms with van der Waals surface area (Å²) in [6, 6.07) is 9.84. The van der Waals surface area contributed by atoms with Gasteiger partial charge in [0.2, 0.25) is 11.8 Å². The molecule has 0 spiro atoms. The first-order chi connectivity index (χ1) is 21.1. The lowest BCUT2D eigenvalue weighted by Gasteiger charge is -2.39. The topological polar surface area (TPSA) is 135 Å². The molecule has 3 amide bonds. The number of amides is 3. The number of fused-ring (bicyclic) bond motifs is 1. The van der Waals surface area contributed by atoms with Crippen molar-refractivity contribution in [3.05, 3.63) is 82.9 Å². The van der Waals surface area contributed by atoms with E-state index in [1.807, 2.05) is 6.07 Å². The summed E-state index contributed by atoms with van der Waals surface area (Å²) in [4.78, 5) is 48.2. The van der Waals surface area contributed by atoms with Crippen LogP contribution >= 0.6 is 11.6 Å². The quantitative estimate of drug-likeness (QED) is 0.304. The van der Waals surface area contributed by atoms with Crippen LogP contribution in [0.25, 0.3) is 10.9 Å². The molecule has 0 radical (unpaired) electrons. The molecule has 6 rings (SSSR count). The van der Waals surface area contributed by atoms with Crippen LogP contribution in [-0.4, -0.2) is 50.9 Å². The molecule has 1 aliphatic heterocycles. The molecule has 1 saturated heterocycles. The maximum atomic E-state index is 15.3. The van der Waals surface area contributed by atoms with Crippen molar-refractivity contribution in [2.45, 2.75) is 49.7 Å². The lowest BCUT2D eigenvalue weighted by Crippen LogP contribution is -2.56. The predicted molar refractivity (Wildman–Crippen MR) is 153 cm³/mol. The normalized spacial score (nSPS) is 18.5. The van der Waals surface area contributed by atoms with Crippen LogP contribution in [0, 0.1) is 17.1 Å². The number of aromatic amines is 1. The molecule has 1 unspecified atom stereocenters. The second-order valence-corrected chi connectivity index (χ2v) is 11.1. The van der Waals surface area contributed by atoms with Crippen molar-refractivity contribution in [2.24, 2.45) is 0 Å². The molecule has 224 valence electrons. The van der Waals surface area contributed by atoms with Crippen LogP contribution in [0.4, 0.5) is 24.7 Å². The summed E-state index contributed by atoms with van der Waals surface area (Å²) in [6.45, 7) is 0. The minimum absolute atomic E-state index is 0.0226. The van der Waals surface area contributed by atoms with Crippen molar-refractivity contribution >= 4 is 51.7 Å². The molecule has 1 aliphatic carbocycles. The summed E-state index contributed by atoms with van der Waals surface area (Å²) >= 11 is 6.55. The lowest BCUT2D eigenvalue weighted by molar-refractivity contribution is -0.133. The van der Waals surface area contributed by atoms with Gasteiger partial charge in [0.15, 0.2) is 5.82 Å². The summed E-state index contributed by atoms with van der Waals surface area (Å²) in [5.41, 5.74) is 0.361. The van der Waals surface area contributed by atoms with E-state index < -0.39 is 60.4 Å². The molecule has 0 bridgehead atoms. The highest BCUT2D eigenvalue weighted by atomic mass is 35.5. The molecule has 2 N–H and O–H groups in total. The summed E-state index contributed by atoms with van der Waals surface area (Å²) in [5, 5.41) is 18.8. The Kier molecular flexibility index (Phi) is 7.46. The third kappa shape index (κ3) is 5.33. The number of nitriles is 1. The van der Waals surface area contributed by atoms with Crippen LogP contribution in [-0.2, 0) is 14.4 Å². The number of alkyl halides is 2. The van der Waals surface area contributed by atoms with E-state index in [-0.39, 0.29) is 51.4 Å². The third-order valence-corrected chi connectivity index (χ3v) is 8.11. The zero-order valence-corrected chi connectivity index (χ0v) is 23.6. The van der Waals surface area contributed by atoms with E-state index in [4.69, 9.17) is 11.6 Å². The smallest absolute Gasteiger partial charge is 0.252 e. The van der Waals surface area contributed by atoms with Gasteiger partial charge in [0.1, 0.15) is 23.4 Å². The second kappa shape index (κ2) is 11.3. The minimum Gasteiger partial charge on any atom is -0.351 e. The molecule has 2 aromatic carbocycles. The Bertz CT molecular complexity index is 1830. The standard InChI is InChI=1S/C30H23ClF3N7O3/c31-21-4-2-1-3-20(21)27(28(43)38-18-12-30(33,34)13-18)40(19-10-17-15-37-39-26(17)22(32)11-19)29(44)23-5-6-25(42)41(23)24-9-16(14-35)7-8-36-24/h1-4,7-11,15,18,23,27H,5-6,12-13H2,(H,37,39)(H,38,43)/t23?,27-/m0/s1. The van der Waals surface area contributed by atoms with Crippen LogP contribution in [0.3, 0.4) is 0 Å². The molecular formula is C30H23ClF3N7O3. The number of aromatic nitrogens is 3. The van der Waals surface area contributed by atoms with E-state index in [2.05, 4.69) is 20.5 Å². The number of rotatable bonds is 7. The summed E-state index contributed by atoms with van der Waals surface area (Å²) in [7, 11) is 0.